The molecule has 2 aromatic carbocycles. The maximum atomic E-state index is 12.4. The van der Waals surface area contributed by atoms with E-state index >= 15 is 0 Å². The Bertz CT molecular complexity index is 1030. The molecule has 0 aliphatic heterocycles. The molecule has 0 aliphatic carbocycles. The summed E-state index contributed by atoms with van der Waals surface area (Å²) in [5, 5.41) is 2.92. The zero-order valence-electron chi connectivity index (χ0n) is 19.0. The van der Waals surface area contributed by atoms with Crippen LogP contribution in [-0.2, 0) is 17.6 Å². The highest BCUT2D eigenvalue weighted by atomic mass is 32.2. The summed E-state index contributed by atoms with van der Waals surface area (Å²) < 4.78 is 11.0. The van der Waals surface area contributed by atoms with Gasteiger partial charge >= 0.3 is 0 Å². The van der Waals surface area contributed by atoms with E-state index in [2.05, 4.69) is 51.2 Å². The van der Waals surface area contributed by atoms with Gasteiger partial charge in [-0.25, -0.2) is 0 Å². The largest absolute Gasteiger partial charge is 0.497 e. The van der Waals surface area contributed by atoms with Crippen molar-refractivity contribution in [3.63, 3.8) is 0 Å². The van der Waals surface area contributed by atoms with Crippen LogP contribution in [0, 0.1) is 6.92 Å². The standard InChI is InChI=1S/C26H31NO3S/c1-18-9-10-20(26(2,3)4)16-24(18)31-17-22-11-12-23(30-22)25(28)27-14-13-19-7-6-8-21(15-19)29-5/h6-12,15-16H,13-14,17H2,1-5H3,(H,27,28). The van der Waals surface area contributed by atoms with E-state index in [1.54, 1.807) is 24.9 Å². The predicted octanol–water partition coefficient (Wildman–Crippen LogP) is 6.16. The zero-order chi connectivity index (χ0) is 22.4. The molecule has 1 aromatic heterocycles. The van der Waals surface area contributed by atoms with Gasteiger partial charge in [0.2, 0.25) is 0 Å². The van der Waals surface area contributed by atoms with Crippen LogP contribution in [0.1, 0.15) is 53.8 Å². The van der Waals surface area contributed by atoms with Gasteiger partial charge in [-0.3, -0.25) is 4.79 Å². The minimum absolute atomic E-state index is 0.115. The van der Waals surface area contributed by atoms with Crippen molar-refractivity contribution in [1.29, 1.82) is 0 Å². The molecule has 0 fully saturated rings. The molecule has 0 bridgehead atoms. The van der Waals surface area contributed by atoms with E-state index in [1.807, 2.05) is 30.3 Å². The molecular weight excluding hydrogens is 406 g/mol. The van der Waals surface area contributed by atoms with Crippen molar-refractivity contribution in [3.05, 3.63) is 82.8 Å². The molecule has 1 heterocycles. The molecule has 3 rings (SSSR count). The number of hydrogen-bond acceptors (Lipinski definition) is 4. The van der Waals surface area contributed by atoms with Gasteiger partial charge in [0.05, 0.1) is 12.9 Å². The number of rotatable bonds is 8. The number of carbonyl (C=O) groups is 1. The fraction of sp³-hybridized carbons (Fsp3) is 0.346. The van der Waals surface area contributed by atoms with E-state index in [0.717, 1.165) is 23.5 Å². The first-order valence-corrected chi connectivity index (χ1v) is 11.5. The highest BCUT2D eigenvalue weighted by Crippen LogP contribution is 2.31. The molecule has 0 spiro atoms. The van der Waals surface area contributed by atoms with Gasteiger partial charge in [0.15, 0.2) is 5.76 Å². The van der Waals surface area contributed by atoms with E-state index in [4.69, 9.17) is 9.15 Å². The van der Waals surface area contributed by atoms with Crippen LogP contribution in [0.2, 0.25) is 0 Å². The summed E-state index contributed by atoms with van der Waals surface area (Å²) in [6.07, 6.45) is 0.732. The Labute approximate surface area is 189 Å². The molecular formula is C26H31NO3S. The third-order valence-corrected chi connectivity index (χ3v) is 6.32. The number of furan rings is 1. The van der Waals surface area contributed by atoms with Gasteiger partial charge in [-0.05, 0) is 65.8 Å². The Balaban J connectivity index is 1.53. The van der Waals surface area contributed by atoms with Gasteiger partial charge in [-0.1, -0.05) is 45.0 Å². The number of aryl methyl sites for hydroxylation is 1. The lowest BCUT2D eigenvalue weighted by Gasteiger charge is -2.20. The summed E-state index contributed by atoms with van der Waals surface area (Å²) in [5.41, 5.74) is 3.80. The van der Waals surface area contributed by atoms with Crippen LogP contribution < -0.4 is 10.1 Å². The van der Waals surface area contributed by atoms with E-state index in [1.165, 1.54) is 16.0 Å². The summed E-state index contributed by atoms with van der Waals surface area (Å²) in [6, 6.07) is 18.1. The lowest BCUT2D eigenvalue weighted by atomic mass is 9.87. The zero-order valence-corrected chi connectivity index (χ0v) is 19.8. The number of benzene rings is 2. The Morgan fingerprint density at radius 2 is 1.90 bits per heavy atom. The highest BCUT2D eigenvalue weighted by molar-refractivity contribution is 7.98. The van der Waals surface area contributed by atoms with Crippen LogP contribution in [0.25, 0.3) is 0 Å². The lowest BCUT2D eigenvalue weighted by Crippen LogP contribution is -2.25. The van der Waals surface area contributed by atoms with Gasteiger partial charge < -0.3 is 14.5 Å². The second-order valence-corrected chi connectivity index (χ2v) is 9.66. The molecule has 0 saturated heterocycles. The van der Waals surface area contributed by atoms with E-state index in [-0.39, 0.29) is 11.3 Å². The lowest BCUT2D eigenvalue weighted by molar-refractivity contribution is 0.0925. The Kier molecular flexibility index (Phi) is 7.50. The maximum Gasteiger partial charge on any atom is 0.287 e. The molecule has 1 N–H and O–H groups in total. The summed E-state index contributed by atoms with van der Waals surface area (Å²) in [7, 11) is 1.65. The maximum absolute atomic E-state index is 12.4. The average molecular weight is 438 g/mol. The molecule has 0 aliphatic rings. The van der Waals surface area contributed by atoms with Crippen molar-refractivity contribution in [2.45, 2.75) is 50.2 Å². The van der Waals surface area contributed by atoms with E-state index in [9.17, 15) is 4.79 Å². The van der Waals surface area contributed by atoms with Gasteiger partial charge in [-0.2, -0.15) is 0 Å². The molecule has 1 amide bonds. The Morgan fingerprint density at radius 1 is 1.10 bits per heavy atom. The number of carbonyl (C=O) groups excluding carboxylic acids is 1. The topological polar surface area (TPSA) is 51.5 Å². The summed E-state index contributed by atoms with van der Waals surface area (Å²) in [6.45, 7) is 9.32. The van der Waals surface area contributed by atoms with E-state index in [0.29, 0.717) is 18.1 Å². The average Bonchev–Trinajstić information content (AvgIpc) is 3.21. The van der Waals surface area contributed by atoms with Crippen LogP contribution in [0.4, 0.5) is 0 Å². The minimum Gasteiger partial charge on any atom is -0.497 e. The third-order valence-electron chi connectivity index (χ3n) is 5.14. The Hall–Kier alpha value is -2.66. The van der Waals surface area contributed by atoms with Gasteiger partial charge in [0.25, 0.3) is 5.91 Å². The molecule has 5 heteroatoms. The summed E-state index contributed by atoms with van der Waals surface area (Å²) in [4.78, 5) is 13.7. The number of thioether (sulfide) groups is 1. The number of ether oxygens (including phenoxy) is 1. The molecule has 3 aromatic rings. The van der Waals surface area contributed by atoms with Crippen molar-refractivity contribution < 1.29 is 13.9 Å². The van der Waals surface area contributed by atoms with Crippen molar-refractivity contribution in [3.8, 4) is 5.75 Å². The third kappa shape index (κ3) is 6.41. The minimum atomic E-state index is -0.190. The van der Waals surface area contributed by atoms with Crippen LogP contribution in [0.3, 0.4) is 0 Å². The quantitative estimate of drug-likeness (QED) is 0.429. The first-order chi connectivity index (χ1) is 14.8. The number of amides is 1. The van der Waals surface area contributed by atoms with Crippen LogP contribution >= 0.6 is 11.8 Å². The van der Waals surface area contributed by atoms with Crippen molar-refractivity contribution in [1.82, 2.24) is 5.32 Å². The van der Waals surface area contributed by atoms with Crippen molar-refractivity contribution in [2.24, 2.45) is 0 Å². The Morgan fingerprint density at radius 3 is 2.65 bits per heavy atom. The number of nitrogens with one attached hydrogen (secondary N) is 1. The van der Waals surface area contributed by atoms with E-state index < -0.39 is 0 Å². The normalized spacial score (nSPS) is 11.4. The SMILES string of the molecule is COc1cccc(CCNC(=O)c2ccc(CSc3cc(C(C)(C)C)ccc3C)o2)c1. The van der Waals surface area contributed by atoms with Gasteiger partial charge in [0, 0.05) is 11.4 Å². The number of methoxy groups -OCH3 is 1. The van der Waals surface area contributed by atoms with Crippen LogP contribution in [0.15, 0.2) is 63.9 Å². The van der Waals surface area contributed by atoms with Crippen molar-refractivity contribution in [2.75, 3.05) is 13.7 Å². The smallest absolute Gasteiger partial charge is 0.287 e. The highest BCUT2D eigenvalue weighted by Gasteiger charge is 2.16. The molecule has 0 saturated carbocycles. The summed E-state index contributed by atoms with van der Waals surface area (Å²) >= 11 is 1.74. The molecule has 31 heavy (non-hydrogen) atoms. The first-order valence-electron chi connectivity index (χ1n) is 10.5. The molecule has 0 unspecified atom stereocenters. The van der Waals surface area contributed by atoms with Crippen molar-refractivity contribution >= 4 is 17.7 Å². The molecule has 4 nitrogen and oxygen atoms in total. The second kappa shape index (κ2) is 10.1. The second-order valence-electron chi connectivity index (χ2n) is 8.64. The summed E-state index contributed by atoms with van der Waals surface area (Å²) in [5.74, 6) is 2.46. The van der Waals surface area contributed by atoms with Crippen LogP contribution in [-0.4, -0.2) is 19.6 Å². The number of hydrogen-bond donors (Lipinski definition) is 1. The van der Waals surface area contributed by atoms with Crippen LogP contribution in [0.5, 0.6) is 5.75 Å². The fourth-order valence-electron chi connectivity index (χ4n) is 3.18. The first kappa shape index (κ1) is 23.0. The molecule has 0 radical (unpaired) electrons. The fourth-order valence-corrected chi connectivity index (χ4v) is 4.14. The monoisotopic (exact) mass is 437 g/mol. The molecule has 164 valence electrons. The predicted molar refractivity (Wildman–Crippen MR) is 127 cm³/mol. The van der Waals surface area contributed by atoms with Gasteiger partial charge in [0.1, 0.15) is 11.5 Å². The van der Waals surface area contributed by atoms with Gasteiger partial charge in [-0.15, -0.1) is 11.8 Å². The molecule has 0 atom stereocenters.